The topological polar surface area (TPSA) is 85.4 Å². The van der Waals surface area contributed by atoms with Gasteiger partial charge in [0.15, 0.2) is 5.76 Å². The summed E-state index contributed by atoms with van der Waals surface area (Å²) in [5, 5.41) is 13.5. The number of nitrogens with one attached hydrogen (secondary N) is 1. The molecule has 0 saturated carbocycles. The van der Waals surface area contributed by atoms with E-state index in [1.807, 2.05) is 6.92 Å². The predicted molar refractivity (Wildman–Crippen MR) is 69.1 cm³/mol. The van der Waals surface area contributed by atoms with Crippen molar-refractivity contribution in [3.63, 3.8) is 0 Å². The number of anilines is 1. The zero-order chi connectivity index (χ0) is 13.8. The Morgan fingerprint density at radius 2 is 2.21 bits per heavy atom. The fourth-order valence-electron chi connectivity index (χ4n) is 1.71. The van der Waals surface area contributed by atoms with Crippen LogP contribution in [0.25, 0.3) is 0 Å². The molecule has 6 heteroatoms. The van der Waals surface area contributed by atoms with Gasteiger partial charge in [-0.05, 0) is 24.6 Å². The molecule has 0 aliphatic rings. The van der Waals surface area contributed by atoms with Gasteiger partial charge in [0.05, 0.1) is 11.2 Å². The Morgan fingerprint density at radius 3 is 2.79 bits per heavy atom. The van der Waals surface area contributed by atoms with E-state index in [-0.39, 0.29) is 11.4 Å². The van der Waals surface area contributed by atoms with Gasteiger partial charge in [-0.1, -0.05) is 13.0 Å². The number of furan rings is 1. The van der Waals surface area contributed by atoms with Crippen LogP contribution in [0.15, 0.2) is 41.0 Å². The quantitative estimate of drug-likeness (QED) is 0.676. The molecule has 0 radical (unpaired) electrons. The Hall–Kier alpha value is -2.63. The fourth-order valence-corrected chi connectivity index (χ4v) is 1.71. The first-order valence-corrected chi connectivity index (χ1v) is 5.74. The minimum absolute atomic E-state index is 0.000236. The molecule has 1 aromatic carbocycles. The maximum Gasteiger partial charge on any atom is 0.291 e. The third kappa shape index (κ3) is 2.79. The molecule has 2 aromatic rings. The minimum atomic E-state index is -0.457. The van der Waals surface area contributed by atoms with Crippen LogP contribution < -0.4 is 5.32 Å². The summed E-state index contributed by atoms with van der Waals surface area (Å²) in [5.74, 6) is -0.286. The summed E-state index contributed by atoms with van der Waals surface area (Å²) in [7, 11) is 0. The van der Waals surface area contributed by atoms with Crippen molar-refractivity contribution in [1.82, 2.24) is 0 Å². The maximum absolute atomic E-state index is 11.7. The molecule has 0 bridgehead atoms. The Morgan fingerprint density at radius 1 is 1.42 bits per heavy atom. The lowest BCUT2D eigenvalue weighted by Crippen LogP contribution is -2.11. The van der Waals surface area contributed by atoms with Gasteiger partial charge in [0.25, 0.3) is 11.6 Å². The molecule has 0 saturated heterocycles. The van der Waals surface area contributed by atoms with E-state index in [0.29, 0.717) is 17.7 Å². The number of nitro benzene ring substituents is 1. The number of nitro groups is 1. The summed E-state index contributed by atoms with van der Waals surface area (Å²) in [6.45, 7) is 1.84. The average Bonchev–Trinajstić information content (AvgIpc) is 2.92. The fraction of sp³-hybridized carbons (Fsp3) is 0.154. The van der Waals surface area contributed by atoms with Crippen LogP contribution in [0.1, 0.15) is 23.0 Å². The molecular formula is C13H12N2O4. The van der Waals surface area contributed by atoms with Gasteiger partial charge in [-0.3, -0.25) is 14.9 Å². The summed E-state index contributed by atoms with van der Waals surface area (Å²) in [6, 6.07) is 7.73. The summed E-state index contributed by atoms with van der Waals surface area (Å²) < 4.78 is 4.94. The smallest absolute Gasteiger partial charge is 0.291 e. The highest BCUT2D eigenvalue weighted by Crippen LogP contribution is 2.24. The van der Waals surface area contributed by atoms with Crippen molar-refractivity contribution in [2.45, 2.75) is 13.3 Å². The van der Waals surface area contributed by atoms with Gasteiger partial charge in [-0.2, -0.15) is 0 Å². The van der Waals surface area contributed by atoms with Gasteiger partial charge in [0.2, 0.25) is 0 Å². The molecule has 1 amide bonds. The predicted octanol–water partition coefficient (Wildman–Crippen LogP) is 3.00. The molecule has 6 nitrogen and oxygen atoms in total. The second kappa shape index (κ2) is 5.34. The van der Waals surface area contributed by atoms with Gasteiger partial charge < -0.3 is 9.73 Å². The Bertz CT molecular complexity index is 605. The molecule has 0 aliphatic carbocycles. The van der Waals surface area contributed by atoms with E-state index in [4.69, 9.17) is 4.42 Å². The molecule has 2 rings (SSSR count). The van der Waals surface area contributed by atoms with Gasteiger partial charge in [0, 0.05) is 17.3 Å². The molecule has 1 aromatic heterocycles. The van der Waals surface area contributed by atoms with Gasteiger partial charge in [0.1, 0.15) is 0 Å². The lowest BCUT2D eigenvalue weighted by Gasteiger charge is -2.05. The zero-order valence-electron chi connectivity index (χ0n) is 10.3. The number of hydrogen-bond acceptors (Lipinski definition) is 4. The normalized spacial score (nSPS) is 10.2. The van der Waals surface area contributed by atoms with Crippen LogP contribution in [-0.2, 0) is 6.42 Å². The van der Waals surface area contributed by atoms with Crippen LogP contribution >= 0.6 is 0 Å². The van der Waals surface area contributed by atoms with E-state index in [0.717, 1.165) is 0 Å². The first-order chi connectivity index (χ1) is 9.11. The number of benzene rings is 1. The molecule has 0 spiro atoms. The van der Waals surface area contributed by atoms with Crippen LogP contribution in [0.4, 0.5) is 11.4 Å². The SMILES string of the molecule is CCc1ccc(NC(=O)c2ccco2)cc1[N+](=O)[O-]. The molecule has 0 atom stereocenters. The second-order valence-corrected chi connectivity index (χ2v) is 3.89. The van der Waals surface area contributed by atoms with Crippen molar-refractivity contribution >= 4 is 17.3 Å². The van der Waals surface area contributed by atoms with Crippen molar-refractivity contribution < 1.29 is 14.1 Å². The first kappa shape index (κ1) is 12.8. The van der Waals surface area contributed by atoms with Crippen molar-refractivity contribution in [3.05, 3.63) is 58.0 Å². The molecular weight excluding hydrogens is 248 g/mol. The van der Waals surface area contributed by atoms with Crippen molar-refractivity contribution in [3.8, 4) is 0 Å². The number of rotatable bonds is 4. The summed E-state index contributed by atoms with van der Waals surface area (Å²) in [6.07, 6.45) is 1.94. The van der Waals surface area contributed by atoms with E-state index in [1.165, 1.54) is 18.4 Å². The molecule has 0 aliphatic heterocycles. The van der Waals surface area contributed by atoms with Crippen molar-refractivity contribution in [1.29, 1.82) is 0 Å². The highest BCUT2D eigenvalue weighted by atomic mass is 16.6. The molecule has 1 N–H and O–H groups in total. The number of aryl methyl sites for hydroxylation is 1. The largest absolute Gasteiger partial charge is 0.459 e. The third-order valence-corrected chi connectivity index (χ3v) is 2.67. The Labute approximate surface area is 109 Å². The number of nitrogens with zero attached hydrogens (tertiary/aromatic N) is 1. The second-order valence-electron chi connectivity index (χ2n) is 3.89. The molecule has 0 fully saturated rings. The van der Waals surface area contributed by atoms with Gasteiger partial charge in [-0.15, -0.1) is 0 Å². The van der Waals surface area contributed by atoms with Crippen LogP contribution in [-0.4, -0.2) is 10.8 Å². The van der Waals surface area contributed by atoms with Crippen molar-refractivity contribution in [2.24, 2.45) is 0 Å². The van der Waals surface area contributed by atoms with Crippen molar-refractivity contribution in [2.75, 3.05) is 5.32 Å². The van der Waals surface area contributed by atoms with Crippen LogP contribution in [0.3, 0.4) is 0 Å². The van der Waals surface area contributed by atoms with E-state index >= 15 is 0 Å². The van der Waals surface area contributed by atoms with E-state index in [9.17, 15) is 14.9 Å². The lowest BCUT2D eigenvalue weighted by atomic mass is 10.1. The Kier molecular flexibility index (Phi) is 3.61. The number of hydrogen-bond donors (Lipinski definition) is 1. The zero-order valence-corrected chi connectivity index (χ0v) is 10.3. The highest BCUT2D eigenvalue weighted by molar-refractivity contribution is 6.02. The number of carbonyl (C=O) groups excluding carboxylic acids is 1. The molecule has 98 valence electrons. The summed E-state index contributed by atoms with van der Waals surface area (Å²) in [4.78, 5) is 22.2. The first-order valence-electron chi connectivity index (χ1n) is 5.74. The monoisotopic (exact) mass is 260 g/mol. The lowest BCUT2D eigenvalue weighted by molar-refractivity contribution is -0.385. The molecule has 19 heavy (non-hydrogen) atoms. The van der Waals surface area contributed by atoms with E-state index in [2.05, 4.69) is 5.32 Å². The van der Waals surface area contributed by atoms with Crippen LogP contribution in [0.2, 0.25) is 0 Å². The number of carbonyl (C=O) groups is 1. The minimum Gasteiger partial charge on any atom is -0.459 e. The highest BCUT2D eigenvalue weighted by Gasteiger charge is 2.15. The maximum atomic E-state index is 11.7. The van der Waals surface area contributed by atoms with E-state index < -0.39 is 10.8 Å². The van der Waals surface area contributed by atoms with Crippen LogP contribution in [0, 0.1) is 10.1 Å². The third-order valence-electron chi connectivity index (χ3n) is 2.67. The summed E-state index contributed by atoms with van der Waals surface area (Å²) in [5.41, 5.74) is 0.992. The van der Waals surface area contributed by atoms with E-state index in [1.54, 1.807) is 18.2 Å². The molecule has 1 heterocycles. The average molecular weight is 260 g/mol. The Balaban J connectivity index is 2.24. The summed E-state index contributed by atoms with van der Waals surface area (Å²) >= 11 is 0. The van der Waals surface area contributed by atoms with Gasteiger partial charge in [-0.25, -0.2) is 0 Å². The van der Waals surface area contributed by atoms with Crippen LogP contribution in [0.5, 0.6) is 0 Å². The van der Waals surface area contributed by atoms with Gasteiger partial charge >= 0.3 is 0 Å². The standard InChI is InChI=1S/C13H12N2O4/c1-2-9-5-6-10(8-11(9)15(17)18)14-13(16)12-4-3-7-19-12/h3-8H,2H2,1H3,(H,14,16). The number of amides is 1. The molecule has 0 unspecified atom stereocenters.